The highest BCUT2D eigenvalue weighted by molar-refractivity contribution is 7.47. The number of quaternary nitrogens is 1. The molecule has 0 radical (unpaired) electrons. The van der Waals surface area contributed by atoms with E-state index in [2.05, 4.69) is 111 Å². The van der Waals surface area contributed by atoms with Crippen LogP contribution in [0.5, 0.6) is 0 Å². The Bertz CT molecular complexity index is 1670. The van der Waals surface area contributed by atoms with Gasteiger partial charge in [0.15, 0.2) is 0 Å². The van der Waals surface area contributed by atoms with E-state index < -0.39 is 20.0 Å². The molecule has 0 rings (SSSR count). The Morgan fingerprint density at radius 1 is 0.468 bits per heavy atom. The number of carbonyl (C=O) groups excluding carboxylic acids is 2. The van der Waals surface area contributed by atoms with Gasteiger partial charge in [-0.15, -0.1) is 0 Å². The van der Waals surface area contributed by atoms with Crippen LogP contribution in [0.25, 0.3) is 0 Å². The number of nitrogens with zero attached hydrogens (tertiary/aromatic N) is 1. The van der Waals surface area contributed by atoms with Gasteiger partial charge in [0.2, 0.25) is 5.91 Å². The fourth-order valence-corrected chi connectivity index (χ4v) is 9.75. The molecule has 3 atom stereocenters. The number of hydrogen-bond donors (Lipinski definition) is 2. The number of carbonyl (C=O) groups is 2. The number of phosphoric acid groups is 1. The van der Waals surface area contributed by atoms with E-state index in [4.69, 9.17) is 13.8 Å². The summed E-state index contributed by atoms with van der Waals surface area (Å²) in [5, 5.41) is 3.05. The molecule has 0 saturated carbocycles. The summed E-state index contributed by atoms with van der Waals surface area (Å²) >= 11 is 0. The van der Waals surface area contributed by atoms with Crippen molar-refractivity contribution in [3.8, 4) is 0 Å². The maximum atomic E-state index is 13.5. The fraction of sp³-hybridized carbons (Fsp3) is 0.739. The second kappa shape index (κ2) is 58.1. The van der Waals surface area contributed by atoms with Crippen LogP contribution in [0.4, 0.5) is 0 Å². The van der Waals surface area contributed by atoms with E-state index in [-0.39, 0.29) is 31.5 Å². The molecule has 0 spiro atoms. The molecule has 456 valence electrons. The lowest BCUT2D eigenvalue weighted by Gasteiger charge is -2.27. The number of nitrogens with one attached hydrogen (secondary N) is 1. The van der Waals surface area contributed by atoms with Crippen molar-refractivity contribution >= 4 is 19.7 Å². The van der Waals surface area contributed by atoms with Crippen molar-refractivity contribution in [3.05, 3.63) is 97.2 Å². The van der Waals surface area contributed by atoms with Crippen LogP contribution in [-0.2, 0) is 27.9 Å². The molecule has 0 aromatic carbocycles. The van der Waals surface area contributed by atoms with Crippen LogP contribution in [0.3, 0.4) is 0 Å². The first-order valence-electron chi connectivity index (χ1n) is 32.6. The molecule has 10 heteroatoms. The standard InChI is InChI=1S/C69H123N2O7P/c1-7-10-13-16-19-22-25-27-29-30-31-32-33-34-35-36-37-38-39-40-42-44-47-50-53-56-59-62-69(73)78-67(60-57-54-51-48-45-24-21-18-15-12-9-3)66(65-77-79(74,75)76-64-63-71(4,5)6)70-68(72)61-58-55-52-49-46-43-41-28-26-23-20-17-14-11-8-2/h10,13,19-20,22-23,26-29,31-32,34-35,57,60,66-67H,7-9,11-12,14-18,21,24-25,30,33,36-56,58-59,61-65H2,1-6H3,(H-,70,72,74,75)/p+1/b13-10-,22-19-,23-20+,28-26+,29-27-,32-31-,35-34-,60-57-. The van der Waals surface area contributed by atoms with E-state index in [9.17, 15) is 19.0 Å². The number of hydrogen-bond acceptors (Lipinski definition) is 6. The van der Waals surface area contributed by atoms with Crippen LogP contribution in [0.2, 0.25) is 0 Å². The Morgan fingerprint density at radius 3 is 1.32 bits per heavy atom. The predicted octanol–water partition coefficient (Wildman–Crippen LogP) is 20.3. The Balaban J connectivity index is 5.07. The summed E-state index contributed by atoms with van der Waals surface area (Å²) in [6.45, 7) is 6.85. The molecule has 0 aromatic heterocycles. The fourth-order valence-electron chi connectivity index (χ4n) is 9.02. The van der Waals surface area contributed by atoms with Crippen LogP contribution in [0.15, 0.2) is 97.2 Å². The summed E-state index contributed by atoms with van der Waals surface area (Å²) in [4.78, 5) is 37.7. The second-order valence-electron chi connectivity index (χ2n) is 22.9. The highest BCUT2D eigenvalue weighted by Crippen LogP contribution is 2.43. The number of allylic oxidation sites excluding steroid dienone is 15. The lowest BCUT2D eigenvalue weighted by molar-refractivity contribution is -0.870. The van der Waals surface area contributed by atoms with Crippen LogP contribution < -0.4 is 5.32 Å². The van der Waals surface area contributed by atoms with E-state index >= 15 is 0 Å². The van der Waals surface area contributed by atoms with Crippen molar-refractivity contribution < 1.29 is 37.3 Å². The van der Waals surface area contributed by atoms with Gasteiger partial charge in [-0.3, -0.25) is 18.6 Å². The van der Waals surface area contributed by atoms with Gasteiger partial charge in [0, 0.05) is 12.8 Å². The summed E-state index contributed by atoms with van der Waals surface area (Å²) in [6, 6.07) is -0.860. The summed E-state index contributed by atoms with van der Waals surface area (Å²) in [6.07, 6.45) is 78.4. The van der Waals surface area contributed by atoms with E-state index in [0.29, 0.717) is 17.4 Å². The average molecular weight is 1120 g/mol. The molecule has 0 fully saturated rings. The van der Waals surface area contributed by atoms with Crippen molar-refractivity contribution in [2.75, 3.05) is 40.9 Å². The number of ether oxygens (including phenoxy) is 1. The number of phosphoric ester groups is 1. The van der Waals surface area contributed by atoms with E-state index in [0.717, 1.165) is 116 Å². The largest absolute Gasteiger partial charge is 0.472 e. The Morgan fingerprint density at radius 2 is 0.848 bits per heavy atom. The van der Waals surface area contributed by atoms with Crippen LogP contribution >= 0.6 is 7.82 Å². The lowest BCUT2D eigenvalue weighted by Crippen LogP contribution is -2.47. The van der Waals surface area contributed by atoms with Gasteiger partial charge >= 0.3 is 13.8 Å². The Hall–Kier alpha value is -3.07. The van der Waals surface area contributed by atoms with Gasteiger partial charge in [-0.2, -0.15) is 0 Å². The molecule has 0 aromatic rings. The maximum Gasteiger partial charge on any atom is 0.472 e. The monoisotopic (exact) mass is 1120 g/mol. The minimum atomic E-state index is -4.46. The summed E-state index contributed by atoms with van der Waals surface area (Å²) in [7, 11) is 1.48. The first-order valence-corrected chi connectivity index (χ1v) is 34.1. The highest BCUT2D eigenvalue weighted by atomic mass is 31.2. The first-order chi connectivity index (χ1) is 38.4. The Kier molecular flexibility index (Phi) is 55.9. The van der Waals surface area contributed by atoms with Crippen LogP contribution in [0, 0.1) is 0 Å². The highest BCUT2D eigenvalue weighted by Gasteiger charge is 2.30. The minimum absolute atomic E-state index is 0.0338. The van der Waals surface area contributed by atoms with Crippen molar-refractivity contribution in [1.82, 2.24) is 5.32 Å². The number of unbranched alkanes of at least 4 members (excludes halogenated alkanes) is 29. The summed E-state index contributed by atoms with van der Waals surface area (Å²) in [5.74, 6) is -0.523. The van der Waals surface area contributed by atoms with Crippen molar-refractivity contribution in [3.63, 3.8) is 0 Å². The molecule has 0 saturated heterocycles. The zero-order chi connectivity index (χ0) is 57.9. The van der Waals surface area contributed by atoms with E-state index in [1.54, 1.807) is 0 Å². The predicted molar refractivity (Wildman–Crippen MR) is 341 cm³/mol. The summed E-state index contributed by atoms with van der Waals surface area (Å²) in [5.41, 5.74) is 0. The molecule has 0 bridgehead atoms. The normalized spacial score (nSPS) is 14.3. The van der Waals surface area contributed by atoms with Gasteiger partial charge in [0.1, 0.15) is 19.3 Å². The molecular weight excluding hydrogens is 1000 g/mol. The van der Waals surface area contributed by atoms with Crippen LogP contribution in [0.1, 0.15) is 278 Å². The zero-order valence-corrected chi connectivity index (χ0v) is 53.0. The van der Waals surface area contributed by atoms with Gasteiger partial charge in [-0.25, -0.2) is 4.57 Å². The molecule has 0 aliphatic rings. The molecular formula is C69H124N2O7P+. The Labute approximate surface area is 488 Å². The topological polar surface area (TPSA) is 111 Å². The van der Waals surface area contributed by atoms with Gasteiger partial charge in [-0.1, -0.05) is 260 Å². The van der Waals surface area contributed by atoms with E-state index in [1.807, 2.05) is 33.3 Å². The van der Waals surface area contributed by atoms with Gasteiger partial charge in [-0.05, 0) is 102 Å². The third-order valence-electron chi connectivity index (χ3n) is 14.0. The zero-order valence-electron chi connectivity index (χ0n) is 52.1. The molecule has 2 N–H and O–H groups in total. The third kappa shape index (κ3) is 59.4. The van der Waals surface area contributed by atoms with Crippen molar-refractivity contribution in [1.29, 1.82) is 0 Å². The average Bonchev–Trinajstić information content (AvgIpc) is 3.41. The molecule has 0 heterocycles. The summed E-state index contributed by atoms with van der Waals surface area (Å²) < 4.78 is 30.7. The molecule has 3 unspecified atom stereocenters. The number of esters is 1. The van der Waals surface area contributed by atoms with Crippen LogP contribution in [-0.4, -0.2) is 74.3 Å². The molecule has 9 nitrogen and oxygen atoms in total. The van der Waals surface area contributed by atoms with Crippen molar-refractivity contribution in [2.45, 2.75) is 290 Å². The van der Waals surface area contributed by atoms with Gasteiger partial charge in [0.25, 0.3) is 0 Å². The number of amides is 1. The molecule has 0 aliphatic heterocycles. The quantitative estimate of drug-likeness (QED) is 0.0156. The molecule has 79 heavy (non-hydrogen) atoms. The number of rotatable bonds is 58. The second-order valence-corrected chi connectivity index (χ2v) is 24.4. The maximum absolute atomic E-state index is 13.5. The lowest BCUT2D eigenvalue weighted by atomic mass is 10.0. The van der Waals surface area contributed by atoms with E-state index in [1.165, 1.54) is 128 Å². The first kappa shape index (κ1) is 75.9. The number of likely N-dealkylation sites (N-methyl/N-ethyl adjacent to an activating group) is 1. The SMILES string of the molecule is CC/C=C\C/C=C\C/C=C\C/C=C\C/C=C\CCCCCCCCCCCCCC(=O)OC(/C=C\CCCCCCCCCCC)C(COP(=O)(O)OCC[N+](C)(C)C)NC(=O)CCCCCCCC/C=C/C=C/CCCCC. The van der Waals surface area contributed by atoms with Gasteiger partial charge < -0.3 is 19.4 Å². The van der Waals surface area contributed by atoms with Gasteiger partial charge in [0.05, 0.1) is 33.8 Å². The minimum Gasteiger partial charge on any atom is -0.456 e. The smallest absolute Gasteiger partial charge is 0.456 e. The molecule has 0 aliphatic carbocycles. The third-order valence-corrected chi connectivity index (χ3v) is 15.0. The molecule has 1 amide bonds. The van der Waals surface area contributed by atoms with Crippen molar-refractivity contribution in [2.24, 2.45) is 0 Å².